The number of aromatic amines is 1. The van der Waals surface area contributed by atoms with Crippen molar-refractivity contribution in [1.29, 1.82) is 0 Å². The van der Waals surface area contributed by atoms with Gasteiger partial charge < -0.3 is 14.7 Å². The van der Waals surface area contributed by atoms with Crippen molar-refractivity contribution >= 4 is 11.6 Å². The van der Waals surface area contributed by atoms with Crippen LogP contribution >= 0.6 is 0 Å². The van der Waals surface area contributed by atoms with E-state index in [1.807, 2.05) is 20.0 Å². The molecule has 0 aliphatic heterocycles. The van der Waals surface area contributed by atoms with Crippen molar-refractivity contribution in [3.8, 4) is 11.3 Å². The summed E-state index contributed by atoms with van der Waals surface area (Å²) < 4.78 is 14.9. The lowest BCUT2D eigenvalue weighted by Gasteiger charge is -2.14. The number of aryl methyl sites for hydroxylation is 1. The van der Waals surface area contributed by atoms with Crippen LogP contribution in [0.1, 0.15) is 41.3 Å². The van der Waals surface area contributed by atoms with Gasteiger partial charge in [-0.25, -0.2) is 14.4 Å². The molecule has 0 radical (unpaired) electrons. The van der Waals surface area contributed by atoms with Gasteiger partial charge in [-0.2, -0.15) is 0 Å². The largest absolute Gasteiger partial charge is 0.344 e. The minimum Gasteiger partial charge on any atom is -0.344 e. The zero-order valence-electron chi connectivity index (χ0n) is 15.6. The number of rotatable bonds is 5. The number of benzene rings is 1. The van der Waals surface area contributed by atoms with Crippen molar-refractivity contribution in [2.45, 2.75) is 26.3 Å². The Kier molecular flexibility index (Phi) is 4.65. The molecule has 142 valence electrons. The smallest absolute Gasteiger partial charge is 0.253 e. The fourth-order valence-corrected chi connectivity index (χ4v) is 3.10. The molecule has 6 nitrogen and oxygen atoms in total. The van der Waals surface area contributed by atoms with Crippen molar-refractivity contribution in [3.63, 3.8) is 0 Å². The second-order valence-electron chi connectivity index (χ2n) is 6.70. The lowest BCUT2D eigenvalue weighted by molar-refractivity contribution is 0.0933. The highest BCUT2D eigenvalue weighted by Crippen LogP contribution is 2.20. The Hall–Kier alpha value is -3.48. The minimum absolute atomic E-state index is 0.181. The van der Waals surface area contributed by atoms with Crippen LogP contribution in [-0.2, 0) is 0 Å². The van der Waals surface area contributed by atoms with E-state index in [1.54, 1.807) is 41.1 Å². The first-order valence-electron chi connectivity index (χ1n) is 9.10. The van der Waals surface area contributed by atoms with E-state index >= 15 is 0 Å². The summed E-state index contributed by atoms with van der Waals surface area (Å²) in [5.74, 6) is 0.277. The maximum atomic E-state index is 13.1. The Morgan fingerprint density at radius 3 is 2.68 bits per heavy atom. The summed E-state index contributed by atoms with van der Waals surface area (Å²) in [6, 6.07) is 9.52. The van der Waals surface area contributed by atoms with Crippen LogP contribution in [0.5, 0.6) is 0 Å². The highest BCUT2D eigenvalue weighted by Gasteiger charge is 2.17. The van der Waals surface area contributed by atoms with E-state index in [-0.39, 0.29) is 17.8 Å². The van der Waals surface area contributed by atoms with E-state index < -0.39 is 0 Å². The SMILES string of the molecule is CCC(NC(=O)c1ccc2nc(-c3ccc(F)cc3)cn2c1)c1ncc(C)[nH]1. The topological polar surface area (TPSA) is 75.1 Å². The second kappa shape index (κ2) is 7.26. The van der Waals surface area contributed by atoms with Crippen molar-refractivity contribution < 1.29 is 9.18 Å². The second-order valence-corrected chi connectivity index (χ2v) is 6.70. The van der Waals surface area contributed by atoms with Gasteiger partial charge in [0.05, 0.1) is 17.3 Å². The molecular weight excluding hydrogens is 357 g/mol. The third-order valence-corrected chi connectivity index (χ3v) is 4.62. The van der Waals surface area contributed by atoms with Gasteiger partial charge >= 0.3 is 0 Å². The molecule has 1 unspecified atom stereocenters. The Morgan fingerprint density at radius 1 is 1.21 bits per heavy atom. The number of pyridine rings is 1. The first-order chi connectivity index (χ1) is 13.5. The van der Waals surface area contributed by atoms with E-state index in [0.29, 0.717) is 11.2 Å². The molecule has 7 heteroatoms. The number of imidazole rings is 2. The standard InChI is InChI=1S/C21H20FN5O/c1-3-17(20-23-10-13(2)24-20)26-21(28)15-6-9-19-25-18(12-27(19)11-15)14-4-7-16(22)8-5-14/h4-12,17H,3H2,1-2H3,(H,23,24)(H,26,28). The molecule has 0 aliphatic carbocycles. The van der Waals surface area contributed by atoms with E-state index in [4.69, 9.17) is 0 Å². The Balaban J connectivity index is 1.58. The van der Waals surface area contributed by atoms with E-state index in [2.05, 4.69) is 20.3 Å². The number of aromatic nitrogens is 4. The zero-order chi connectivity index (χ0) is 19.7. The number of hydrogen-bond donors (Lipinski definition) is 2. The number of nitrogens with one attached hydrogen (secondary N) is 2. The van der Waals surface area contributed by atoms with Gasteiger partial charge in [0.2, 0.25) is 0 Å². The van der Waals surface area contributed by atoms with Crippen LogP contribution in [-0.4, -0.2) is 25.3 Å². The molecule has 0 bridgehead atoms. The summed E-state index contributed by atoms with van der Waals surface area (Å²) >= 11 is 0. The van der Waals surface area contributed by atoms with Crippen LogP contribution in [0.4, 0.5) is 4.39 Å². The molecule has 4 aromatic rings. The molecular formula is C21H20FN5O. The quantitative estimate of drug-likeness (QED) is 0.551. The highest BCUT2D eigenvalue weighted by molar-refractivity contribution is 5.94. The predicted molar refractivity (Wildman–Crippen MR) is 104 cm³/mol. The van der Waals surface area contributed by atoms with Crippen LogP contribution in [0.3, 0.4) is 0 Å². The van der Waals surface area contributed by atoms with Gasteiger partial charge in [-0.1, -0.05) is 6.92 Å². The van der Waals surface area contributed by atoms with Gasteiger partial charge in [0.25, 0.3) is 5.91 Å². The van der Waals surface area contributed by atoms with E-state index in [9.17, 15) is 9.18 Å². The zero-order valence-corrected chi connectivity index (χ0v) is 15.6. The molecule has 0 aliphatic rings. The molecule has 2 N–H and O–H groups in total. The van der Waals surface area contributed by atoms with Gasteiger partial charge in [-0.05, 0) is 49.7 Å². The molecule has 3 heterocycles. The molecule has 1 atom stereocenters. The summed E-state index contributed by atoms with van der Waals surface area (Å²) in [6.45, 7) is 3.92. The van der Waals surface area contributed by atoms with Gasteiger partial charge in [0.15, 0.2) is 0 Å². The third-order valence-electron chi connectivity index (χ3n) is 4.62. The fourth-order valence-electron chi connectivity index (χ4n) is 3.10. The van der Waals surface area contributed by atoms with E-state index in [0.717, 1.165) is 29.2 Å². The number of halogens is 1. The summed E-state index contributed by atoms with van der Waals surface area (Å²) in [6.07, 6.45) is 6.04. The molecule has 1 amide bonds. The number of H-pyrrole nitrogens is 1. The van der Waals surface area contributed by atoms with Crippen LogP contribution in [0.2, 0.25) is 0 Å². The molecule has 0 fully saturated rings. The number of amides is 1. The van der Waals surface area contributed by atoms with Crippen molar-refractivity contribution in [2.24, 2.45) is 0 Å². The van der Waals surface area contributed by atoms with Gasteiger partial charge in [0.1, 0.15) is 17.3 Å². The molecule has 0 saturated heterocycles. The number of nitrogens with zero attached hydrogens (tertiary/aromatic N) is 3. The van der Waals surface area contributed by atoms with Crippen molar-refractivity contribution in [3.05, 3.63) is 77.9 Å². The van der Waals surface area contributed by atoms with Gasteiger partial charge in [0, 0.05) is 29.8 Å². The van der Waals surface area contributed by atoms with Crippen molar-refractivity contribution in [2.75, 3.05) is 0 Å². The third kappa shape index (κ3) is 3.51. The molecule has 0 saturated carbocycles. The number of fused-ring (bicyclic) bond motifs is 1. The summed E-state index contributed by atoms with van der Waals surface area (Å²) in [7, 11) is 0. The predicted octanol–water partition coefficient (Wildman–Crippen LogP) is 4.05. The maximum absolute atomic E-state index is 13.1. The summed E-state index contributed by atoms with van der Waals surface area (Å²) in [4.78, 5) is 24.7. The Bertz CT molecular complexity index is 1130. The number of hydrogen-bond acceptors (Lipinski definition) is 3. The molecule has 1 aromatic carbocycles. The van der Waals surface area contributed by atoms with Crippen LogP contribution in [0.25, 0.3) is 16.9 Å². The first kappa shape index (κ1) is 17.9. The molecule has 4 rings (SSSR count). The van der Waals surface area contributed by atoms with Crippen LogP contribution < -0.4 is 5.32 Å². The van der Waals surface area contributed by atoms with Crippen LogP contribution in [0.15, 0.2) is 55.0 Å². The van der Waals surface area contributed by atoms with E-state index in [1.165, 1.54) is 12.1 Å². The minimum atomic E-state index is -0.288. The maximum Gasteiger partial charge on any atom is 0.253 e. The lowest BCUT2D eigenvalue weighted by Crippen LogP contribution is -2.29. The fraction of sp³-hybridized carbons (Fsp3) is 0.190. The average Bonchev–Trinajstić information content (AvgIpc) is 3.32. The lowest BCUT2D eigenvalue weighted by atomic mass is 10.2. The molecule has 0 spiro atoms. The summed E-state index contributed by atoms with van der Waals surface area (Å²) in [5, 5.41) is 3.01. The van der Waals surface area contributed by atoms with Crippen molar-refractivity contribution in [1.82, 2.24) is 24.7 Å². The Morgan fingerprint density at radius 2 is 2.00 bits per heavy atom. The highest BCUT2D eigenvalue weighted by atomic mass is 19.1. The number of carbonyl (C=O) groups excluding carboxylic acids is 1. The molecule has 28 heavy (non-hydrogen) atoms. The number of carbonyl (C=O) groups is 1. The Labute approximate surface area is 161 Å². The molecule has 3 aromatic heterocycles. The van der Waals surface area contributed by atoms with Gasteiger partial charge in [-0.15, -0.1) is 0 Å². The first-order valence-corrected chi connectivity index (χ1v) is 9.10. The summed E-state index contributed by atoms with van der Waals surface area (Å²) in [5.41, 5.74) is 3.73. The van der Waals surface area contributed by atoms with Crippen LogP contribution in [0, 0.1) is 12.7 Å². The van der Waals surface area contributed by atoms with Gasteiger partial charge in [-0.3, -0.25) is 4.79 Å². The average molecular weight is 377 g/mol. The normalized spacial score (nSPS) is 12.2. The monoisotopic (exact) mass is 377 g/mol.